The smallest absolute Gasteiger partial charge is 0.130 e. The number of rotatable bonds is 6. The molecule has 6 heteroatoms. The van der Waals surface area contributed by atoms with E-state index in [1.54, 1.807) is 13.0 Å². The van der Waals surface area contributed by atoms with Gasteiger partial charge in [0.15, 0.2) is 0 Å². The molecule has 1 aromatic carbocycles. The zero-order valence-corrected chi connectivity index (χ0v) is 15.6. The summed E-state index contributed by atoms with van der Waals surface area (Å²) in [6, 6.07) is 17.4. The van der Waals surface area contributed by atoms with Gasteiger partial charge in [-0.3, -0.25) is 0 Å². The van der Waals surface area contributed by atoms with Crippen molar-refractivity contribution in [2.75, 3.05) is 5.32 Å². The van der Waals surface area contributed by atoms with Crippen LogP contribution in [0.25, 0.3) is 11.3 Å². The standard InChI is InChI=1S/C22H21N5O/c1-14(27-28)18-4-2-5-20(24-18)16-10-11-17(13-23)21(12-16)26-22-7-3-6-19(25-22)15-8-9-15/h2-7,10-13,15,23,28H,8-9H2,1H3,(H,25,26)/b23-13?,27-14-. The lowest BCUT2D eigenvalue weighted by atomic mass is 10.1. The Labute approximate surface area is 163 Å². The maximum Gasteiger partial charge on any atom is 0.130 e. The summed E-state index contributed by atoms with van der Waals surface area (Å²) in [5.41, 5.74) is 5.42. The minimum Gasteiger partial charge on any atom is -0.411 e. The Morgan fingerprint density at radius 2 is 1.96 bits per heavy atom. The van der Waals surface area contributed by atoms with E-state index in [2.05, 4.69) is 21.5 Å². The number of aromatic nitrogens is 2. The first-order chi connectivity index (χ1) is 13.7. The lowest BCUT2D eigenvalue weighted by Gasteiger charge is -2.12. The number of hydrogen-bond acceptors (Lipinski definition) is 6. The van der Waals surface area contributed by atoms with E-state index in [-0.39, 0.29) is 0 Å². The van der Waals surface area contributed by atoms with Crippen molar-refractivity contribution >= 4 is 23.4 Å². The quantitative estimate of drug-likeness (QED) is 0.324. The third-order valence-electron chi connectivity index (χ3n) is 4.80. The average Bonchev–Trinajstić information content (AvgIpc) is 3.59. The fourth-order valence-corrected chi connectivity index (χ4v) is 3.06. The largest absolute Gasteiger partial charge is 0.411 e. The number of anilines is 2. The van der Waals surface area contributed by atoms with Gasteiger partial charge in [0.25, 0.3) is 0 Å². The van der Waals surface area contributed by atoms with Crippen LogP contribution in [-0.4, -0.2) is 27.1 Å². The Morgan fingerprint density at radius 1 is 1.14 bits per heavy atom. The van der Waals surface area contributed by atoms with Gasteiger partial charge >= 0.3 is 0 Å². The van der Waals surface area contributed by atoms with Gasteiger partial charge in [0.2, 0.25) is 0 Å². The van der Waals surface area contributed by atoms with Gasteiger partial charge in [-0.15, -0.1) is 0 Å². The molecule has 140 valence electrons. The number of nitrogens with one attached hydrogen (secondary N) is 2. The van der Waals surface area contributed by atoms with Crippen molar-refractivity contribution in [3.8, 4) is 11.3 Å². The minimum absolute atomic E-state index is 0.456. The summed E-state index contributed by atoms with van der Waals surface area (Å²) in [6.45, 7) is 1.70. The maximum atomic E-state index is 9.00. The SMILES string of the molecule is C/C(=N/O)c1cccc(-c2ccc(C=N)c(Nc3cccc(C4CC4)n3)c2)n1. The number of nitrogens with zero attached hydrogens (tertiary/aromatic N) is 3. The Kier molecular flexibility index (Phi) is 4.85. The van der Waals surface area contributed by atoms with E-state index < -0.39 is 0 Å². The Hall–Kier alpha value is -3.54. The molecule has 2 aromatic heterocycles. The van der Waals surface area contributed by atoms with Crippen molar-refractivity contribution < 1.29 is 5.21 Å². The molecule has 0 unspecified atom stereocenters. The van der Waals surface area contributed by atoms with E-state index >= 15 is 0 Å². The van der Waals surface area contributed by atoms with Gasteiger partial charge < -0.3 is 15.9 Å². The molecule has 6 nitrogen and oxygen atoms in total. The van der Waals surface area contributed by atoms with Gasteiger partial charge in [0, 0.05) is 34.6 Å². The van der Waals surface area contributed by atoms with E-state index in [1.165, 1.54) is 19.1 Å². The maximum absolute atomic E-state index is 9.00. The van der Waals surface area contributed by atoms with Crippen LogP contribution in [0.2, 0.25) is 0 Å². The van der Waals surface area contributed by atoms with Crippen LogP contribution in [0.15, 0.2) is 59.8 Å². The van der Waals surface area contributed by atoms with Crippen molar-refractivity contribution in [2.24, 2.45) is 5.16 Å². The summed E-state index contributed by atoms with van der Waals surface area (Å²) in [5, 5.41) is 23.3. The molecule has 1 aliphatic carbocycles. The average molecular weight is 371 g/mol. The predicted octanol–water partition coefficient (Wildman–Crippen LogP) is 4.96. The van der Waals surface area contributed by atoms with Gasteiger partial charge in [-0.1, -0.05) is 29.4 Å². The highest BCUT2D eigenvalue weighted by Gasteiger charge is 2.24. The molecule has 0 saturated heterocycles. The number of oxime groups is 1. The number of hydrogen-bond donors (Lipinski definition) is 3. The first-order valence-corrected chi connectivity index (χ1v) is 9.23. The molecule has 1 aliphatic rings. The molecule has 0 atom stereocenters. The molecule has 0 spiro atoms. The Balaban J connectivity index is 1.68. The second-order valence-corrected chi connectivity index (χ2v) is 6.89. The molecule has 4 rings (SSSR count). The van der Waals surface area contributed by atoms with Crippen molar-refractivity contribution in [3.63, 3.8) is 0 Å². The zero-order chi connectivity index (χ0) is 19.5. The molecule has 0 aliphatic heterocycles. The third-order valence-corrected chi connectivity index (χ3v) is 4.80. The molecule has 1 fully saturated rings. The van der Waals surface area contributed by atoms with E-state index in [4.69, 9.17) is 15.6 Å². The molecule has 28 heavy (non-hydrogen) atoms. The summed E-state index contributed by atoms with van der Waals surface area (Å²) in [4.78, 5) is 9.28. The molecular weight excluding hydrogens is 350 g/mol. The fourth-order valence-electron chi connectivity index (χ4n) is 3.06. The van der Waals surface area contributed by atoms with Crippen LogP contribution in [0.4, 0.5) is 11.5 Å². The number of benzene rings is 1. The first-order valence-electron chi connectivity index (χ1n) is 9.23. The van der Waals surface area contributed by atoms with E-state index in [9.17, 15) is 0 Å². The molecule has 3 N–H and O–H groups in total. The van der Waals surface area contributed by atoms with Crippen LogP contribution >= 0.6 is 0 Å². The second kappa shape index (κ2) is 7.60. The van der Waals surface area contributed by atoms with Crippen molar-refractivity contribution in [1.82, 2.24) is 9.97 Å². The molecule has 2 heterocycles. The summed E-state index contributed by atoms with van der Waals surface area (Å²) in [7, 11) is 0. The monoisotopic (exact) mass is 371 g/mol. The molecule has 0 amide bonds. The molecular formula is C22H21N5O. The van der Waals surface area contributed by atoms with Gasteiger partial charge in [-0.2, -0.15) is 0 Å². The lowest BCUT2D eigenvalue weighted by molar-refractivity contribution is 0.319. The van der Waals surface area contributed by atoms with Crippen LogP contribution in [0.5, 0.6) is 0 Å². The number of pyridine rings is 2. The normalized spacial score (nSPS) is 14.0. The molecule has 3 aromatic rings. The van der Waals surface area contributed by atoms with Gasteiger partial charge in [-0.25, -0.2) is 9.97 Å². The lowest BCUT2D eigenvalue weighted by Crippen LogP contribution is -2.01. The summed E-state index contributed by atoms with van der Waals surface area (Å²) >= 11 is 0. The van der Waals surface area contributed by atoms with Crippen molar-refractivity contribution in [2.45, 2.75) is 25.7 Å². The summed E-state index contributed by atoms with van der Waals surface area (Å²) in [6.07, 6.45) is 3.73. The third kappa shape index (κ3) is 3.76. The Morgan fingerprint density at radius 3 is 2.71 bits per heavy atom. The predicted molar refractivity (Wildman–Crippen MR) is 111 cm³/mol. The highest BCUT2D eigenvalue weighted by atomic mass is 16.4. The summed E-state index contributed by atoms with van der Waals surface area (Å²) in [5.74, 6) is 1.35. The van der Waals surface area contributed by atoms with Crippen LogP contribution in [0.1, 0.15) is 42.6 Å². The fraction of sp³-hybridized carbons (Fsp3) is 0.182. The first kappa shape index (κ1) is 17.9. The van der Waals surface area contributed by atoms with E-state index in [0.29, 0.717) is 17.3 Å². The van der Waals surface area contributed by atoms with E-state index in [1.807, 2.05) is 42.5 Å². The van der Waals surface area contributed by atoms with Crippen LogP contribution in [0.3, 0.4) is 0 Å². The molecule has 0 bridgehead atoms. The van der Waals surface area contributed by atoms with Crippen molar-refractivity contribution in [3.05, 3.63) is 71.5 Å². The van der Waals surface area contributed by atoms with Gasteiger partial charge in [0.1, 0.15) is 11.5 Å². The van der Waals surface area contributed by atoms with Crippen LogP contribution in [0, 0.1) is 5.41 Å². The van der Waals surface area contributed by atoms with Gasteiger partial charge in [0.05, 0.1) is 11.4 Å². The molecule has 0 radical (unpaired) electrons. The topological polar surface area (TPSA) is 94.2 Å². The second-order valence-electron chi connectivity index (χ2n) is 6.89. The summed E-state index contributed by atoms with van der Waals surface area (Å²) < 4.78 is 0. The van der Waals surface area contributed by atoms with Crippen LogP contribution < -0.4 is 5.32 Å². The zero-order valence-electron chi connectivity index (χ0n) is 15.6. The van der Waals surface area contributed by atoms with Gasteiger partial charge in [-0.05, 0) is 50.1 Å². The highest BCUT2D eigenvalue weighted by Crippen LogP contribution is 2.39. The van der Waals surface area contributed by atoms with E-state index in [0.717, 1.165) is 34.0 Å². The van der Waals surface area contributed by atoms with Crippen molar-refractivity contribution in [1.29, 1.82) is 5.41 Å². The molecule has 1 saturated carbocycles. The van der Waals surface area contributed by atoms with Crippen LogP contribution in [-0.2, 0) is 0 Å². The minimum atomic E-state index is 0.456. The highest BCUT2D eigenvalue weighted by molar-refractivity contribution is 5.97. The Bertz CT molecular complexity index is 1060.